The molecule has 0 fully saturated rings. The van der Waals surface area contributed by atoms with Crippen LogP contribution in [0.15, 0.2) is 41.1 Å². The van der Waals surface area contributed by atoms with Crippen molar-refractivity contribution in [1.82, 2.24) is 5.32 Å². The summed E-state index contributed by atoms with van der Waals surface area (Å²) in [6.45, 7) is -0.504. The molecule has 2 rings (SSSR count). The summed E-state index contributed by atoms with van der Waals surface area (Å²) in [5.74, 6) is 0.176. The summed E-state index contributed by atoms with van der Waals surface area (Å²) in [6, 6.07) is 8.30. The number of ether oxygens (including phenoxy) is 1. The van der Waals surface area contributed by atoms with Gasteiger partial charge in [-0.05, 0) is 40.1 Å². The van der Waals surface area contributed by atoms with Gasteiger partial charge in [0.25, 0.3) is 0 Å². The molecule has 1 aromatic heterocycles. The number of halogens is 3. The molecule has 3 nitrogen and oxygen atoms in total. The lowest BCUT2D eigenvalue weighted by molar-refractivity contribution is -0.153. The molecular weight excluding hydrogens is 315 g/mol. The number of aliphatic hydroxyl groups excluding tert-OH is 1. The molecule has 0 saturated heterocycles. The Morgan fingerprint density at radius 3 is 2.77 bits per heavy atom. The van der Waals surface area contributed by atoms with E-state index in [4.69, 9.17) is 4.74 Å². The summed E-state index contributed by atoms with van der Waals surface area (Å²) in [5, 5.41) is 16.7. The average Bonchev–Trinajstić information content (AvgIpc) is 2.99. The van der Waals surface area contributed by atoms with Crippen LogP contribution >= 0.6 is 11.3 Å². The van der Waals surface area contributed by atoms with E-state index in [9.17, 15) is 18.3 Å². The van der Waals surface area contributed by atoms with E-state index in [1.807, 2.05) is 16.8 Å². The molecule has 1 aromatic carbocycles. The minimum absolute atomic E-state index is 0.176. The SMILES string of the molecule is OC(CNCc1cccc(OCC(F)(F)F)c1)c1ccsc1. The van der Waals surface area contributed by atoms with Gasteiger partial charge in [-0.3, -0.25) is 0 Å². The Kier molecular flexibility index (Phi) is 5.82. The van der Waals surface area contributed by atoms with Crippen LogP contribution in [0.5, 0.6) is 5.75 Å². The van der Waals surface area contributed by atoms with Crippen LogP contribution in [0.4, 0.5) is 13.2 Å². The first kappa shape index (κ1) is 16.8. The van der Waals surface area contributed by atoms with E-state index in [1.165, 1.54) is 17.4 Å². The first-order valence-electron chi connectivity index (χ1n) is 6.63. The monoisotopic (exact) mass is 331 g/mol. The third kappa shape index (κ3) is 5.67. The van der Waals surface area contributed by atoms with E-state index < -0.39 is 18.9 Å². The van der Waals surface area contributed by atoms with Gasteiger partial charge in [0.15, 0.2) is 6.61 Å². The van der Waals surface area contributed by atoms with Gasteiger partial charge in [-0.15, -0.1) is 0 Å². The van der Waals surface area contributed by atoms with E-state index >= 15 is 0 Å². The minimum Gasteiger partial charge on any atom is -0.484 e. The highest BCUT2D eigenvalue weighted by atomic mass is 32.1. The van der Waals surface area contributed by atoms with E-state index in [0.717, 1.165) is 11.1 Å². The lowest BCUT2D eigenvalue weighted by Crippen LogP contribution is -2.21. The van der Waals surface area contributed by atoms with Crippen LogP contribution in [0.2, 0.25) is 0 Å². The molecule has 2 aromatic rings. The molecule has 22 heavy (non-hydrogen) atoms. The van der Waals surface area contributed by atoms with Crippen molar-refractivity contribution in [3.05, 3.63) is 52.2 Å². The van der Waals surface area contributed by atoms with Crippen molar-refractivity contribution in [3.63, 3.8) is 0 Å². The van der Waals surface area contributed by atoms with Crippen molar-refractivity contribution in [3.8, 4) is 5.75 Å². The summed E-state index contributed by atoms with van der Waals surface area (Å²) in [7, 11) is 0. The zero-order chi connectivity index (χ0) is 16.0. The molecule has 0 aliphatic heterocycles. The summed E-state index contributed by atoms with van der Waals surface area (Å²) in [5.41, 5.74) is 1.64. The summed E-state index contributed by atoms with van der Waals surface area (Å²) in [6.07, 6.45) is -4.95. The van der Waals surface area contributed by atoms with Gasteiger partial charge in [0, 0.05) is 13.1 Å². The van der Waals surface area contributed by atoms with Gasteiger partial charge in [-0.1, -0.05) is 12.1 Å². The molecule has 0 amide bonds. The standard InChI is InChI=1S/C15H16F3NO2S/c16-15(17,18)10-21-13-3-1-2-11(6-13)7-19-8-14(20)12-4-5-22-9-12/h1-6,9,14,19-20H,7-8,10H2. The fraction of sp³-hybridized carbons (Fsp3) is 0.333. The second kappa shape index (κ2) is 7.62. The first-order valence-corrected chi connectivity index (χ1v) is 7.58. The second-order valence-electron chi connectivity index (χ2n) is 4.75. The van der Waals surface area contributed by atoms with Crippen LogP contribution in [0.1, 0.15) is 17.2 Å². The van der Waals surface area contributed by atoms with Crippen LogP contribution in [0.25, 0.3) is 0 Å². The molecule has 120 valence electrons. The molecule has 0 spiro atoms. The van der Waals surface area contributed by atoms with Crippen molar-refractivity contribution >= 4 is 11.3 Å². The predicted molar refractivity (Wildman–Crippen MR) is 79.0 cm³/mol. The number of alkyl halides is 3. The zero-order valence-corrected chi connectivity index (χ0v) is 12.5. The number of nitrogens with one attached hydrogen (secondary N) is 1. The number of hydrogen-bond acceptors (Lipinski definition) is 4. The smallest absolute Gasteiger partial charge is 0.422 e. The number of hydrogen-bond donors (Lipinski definition) is 2. The van der Waals surface area contributed by atoms with E-state index in [0.29, 0.717) is 13.1 Å². The maximum Gasteiger partial charge on any atom is 0.422 e. The molecule has 2 N–H and O–H groups in total. The average molecular weight is 331 g/mol. The summed E-state index contributed by atoms with van der Waals surface area (Å²) >= 11 is 1.51. The van der Waals surface area contributed by atoms with Gasteiger partial charge in [0.05, 0.1) is 6.10 Å². The number of benzene rings is 1. The lowest BCUT2D eigenvalue weighted by Gasteiger charge is -2.12. The van der Waals surface area contributed by atoms with Crippen molar-refractivity contribution < 1.29 is 23.0 Å². The number of rotatable bonds is 7. The van der Waals surface area contributed by atoms with Crippen molar-refractivity contribution in [2.24, 2.45) is 0 Å². The quantitative estimate of drug-likeness (QED) is 0.816. The maximum absolute atomic E-state index is 12.1. The molecule has 0 bridgehead atoms. The van der Waals surface area contributed by atoms with Crippen LogP contribution in [-0.4, -0.2) is 24.4 Å². The topological polar surface area (TPSA) is 41.5 Å². The van der Waals surface area contributed by atoms with Gasteiger partial charge in [0.1, 0.15) is 5.75 Å². The van der Waals surface area contributed by atoms with Gasteiger partial charge in [-0.2, -0.15) is 24.5 Å². The lowest BCUT2D eigenvalue weighted by atomic mass is 10.2. The second-order valence-corrected chi connectivity index (χ2v) is 5.53. The van der Waals surface area contributed by atoms with Crippen LogP contribution in [-0.2, 0) is 6.54 Å². The van der Waals surface area contributed by atoms with E-state index in [2.05, 4.69) is 5.32 Å². The van der Waals surface area contributed by atoms with Crippen molar-refractivity contribution in [2.75, 3.05) is 13.2 Å². The fourth-order valence-corrected chi connectivity index (χ4v) is 2.55. The maximum atomic E-state index is 12.1. The Morgan fingerprint density at radius 1 is 1.27 bits per heavy atom. The van der Waals surface area contributed by atoms with Gasteiger partial charge in [-0.25, -0.2) is 0 Å². The van der Waals surface area contributed by atoms with E-state index in [1.54, 1.807) is 18.2 Å². The Morgan fingerprint density at radius 2 is 2.09 bits per heavy atom. The number of thiophene rings is 1. The highest BCUT2D eigenvalue weighted by Crippen LogP contribution is 2.19. The molecule has 7 heteroatoms. The Labute approximate surface area is 130 Å². The Balaban J connectivity index is 1.80. The van der Waals surface area contributed by atoms with Gasteiger partial charge in [0.2, 0.25) is 0 Å². The summed E-state index contributed by atoms with van der Waals surface area (Å²) < 4.78 is 41.0. The summed E-state index contributed by atoms with van der Waals surface area (Å²) in [4.78, 5) is 0. The van der Waals surface area contributed by atoms with E-state index in [-0.39, 0.29) is 5.75 Å². The molecule has 0 aliphatic carbocycles. The van der Waals surface area contributed by atoms with Gasteiger partial charge >= 0.3 is 6.18 Å². The molecule has 0 aliphatic rings. The van der Waals surface area contributed by atoms with Crippen LogP contribution in [0, 0.1) is 0 Å². The molecule has 1 atom stereocenters. The molecular formula is C15H16F3NO2S. The van der Waals surface area contributed by atoms with Crippen molar-refractivity contribution in [1.29, 1.82) is 0 Å². The highest BCUT2D eigenvalue weighted by molar-refractivity contribution is 7.07. The normalized spacial score (nSPS) is 13.1. The number of aliphatic hydroxyl groups is 1. The zero-order valence-electron chi connectivity index (χ0n) is 11.6. The highest BCUT2D eigenvalue weighted by Gasteiger charge is 2.28. The molecule has 0 saturated carbocycles. The molecule has 1 unspecified atom stereocenters. The van der Waals surface area contributed by atoms with Crippen LogP contribution in [0.3, 0.4) is 0 Å². The minimum atomic E-state index is -4.35. The van der Waals surface area contributed by atoms with Gasteiger partial charge < -0.3 is 15.2 Å². The third-order valence-electron chi connectivity index (χ3n) is 2.90. The first-order chi connectivity index (χ1) is 10.4. The fourth-order valence-electron chi connectivity index (χ4n) is 1.85. The largest absolute Gasteiger partial charge is 0.484 e. The predicted octanol–water partition coefficient (Wildman–Crippen LogP) is 3.51. The third-order valence-corrected chi connectivity index (χ3v) is 3.60. The van der Waals surface area contributed by atoms with Crippen LogP contribution < -0.4 is 10.1 Å². The Hall–Kier alpha value is -1.57. The van der Waals surface area contributed by atoms with Crippen molar-refractivity contribution in [2.45, 2.75) is 18.8 Å². The molecule has 0 radical (unpaired) electrons. The Bertz CT molecular complexity index is 572. The molecule has 1 heterocycles.